The van der Waals surface area contributed by atoms with Crippen molar-refractivity contribution in [1.29, 1.82) is 0 Å². The molecule has 0 fully saturated rings. The fourth-order valence-corrected chi connectivity index (χ4v) is 2.08. The Bertz CT molecular complexity index is 971. The fraction of sp³-hybridized carbons (Fsp3) is 0.214. The third-order valence-corrected chi connectivity index (χ3v) is 3.05. The van der Waals surface area contributed by atoms with Crippen LogP contribution in [-0.4, -0.2) is 38.6 Å². The molecule has 0 spiro atoms. The first-order valence-corrected chi connectivity index (χ1v) is 7.30. The molecule has 2 aromatic heterocycles. The van der Waals surface area contributed by atoms with E-state index >= 15 is 0 Å². The third-order valence-electron chi connectivity index (χ3n) is 3.05. The van der Waals surface area contributed by atoms with Crippen LogP contribution in [0.2, 0.25) is 0 Å². The van der Waals surface area contributed by atoms with Gasteiger partial charge in [0.25, 0.3) is 0 Å². The largest absolute Gasteiger partial charge is 0.450 e. The highest BCUT2D eigenvalue weighted by Gasteiger charge is 2.10. The maximum absolute atomic E-state index is 12.0. The van der Waals surface area contributed by atoms with Gasteiger partial charge in [0.2, 0.25) is 5.91 Å². The lowest BCUT2D eigenvalue weighted by atomic mass is 10.3. The van der Waals surface area contributed by atoms with Crippen molar-refractivity contribution in [2.45, 2.75) is 13.5 Å². The smallest absolute Gasteiger partial charge is 0.417 e. The van der Waals surface area contributed by atoms with Crippen molar-refractivity contribution in [3.8, 4) is 0 Å². The summed E-state index contributed by atoms with van der Waals surface area (Å²) in [6.45, 7) is 1.80. The van der Waals surface area contributed by atoms with Gasteiger partial charge in [-0.3, -0.25) is 15.1 Å². The number of ether oxygens (including phenoxy) is 1. The second-order valence-electron chi connectivity index (χ2n) is 4.92. The molecule has 130 valence electrons. The van der Waals surface area contributed by atoms with E-state index in [2.05, 4.69) is 25.9 Å². The van der Waals surface area contributed by atoms with Crippen LogP contribution < -0.4 is 16.4 Å². The molecule has 0 saturated heterocycles. The monoisotopic (exact) mass is 346 g/mol. The number of amides is 2. The van der Waals surface area contributed by atoms with Crippen LogP contribution in [0.5, 0.6) is 0 Å². The number of anilines is 2. The molecule has 0 radical (unpaired) electrons. The molecule has 0 bridgehead atoms. The minimum absolute atomic E-state index is 0.114. The lowest BCUT2D eigenvalue weighted by Gasteiger charge is -2.04. The number of benzene rings is 1. The van der Waals surface area contributed by atoms with Crippen LogP contribution >= 0.6 is 0 Å². The molecule has 11 nitrogen and oxygen atoms in total. The van der Waals surface area contributed by atoms with Crippen molar-refractivity contribution >= 4 is 34.6 Å². The Balaban J connectivity index is 1.60. The van der Waals surface area contributed by atoms with Crippen molar-refractivity contribution in [1.82, 2.24) is 20.0 Å². The molecule has 0 atom stereocenters. The van der Waals surface area contributed by atoms with Crippen LogP contribution in [0.4, 0.5) is 16.3 Å². The number of carbonyl (C=O) groups excluding carboxylic acids is 2. The highest BCUT2D eigenvalue weighted by Crippen LogP contribution is 2.16. The zero-order chi connectivity index (χ0) is 17.8. The van der Waals surface area contributed by atoms with Gasteiger partial charge in [-0.25, -0.2) is 14.3 Å². The number of hydrogen-bond acceptors (Lipinski definition) is 7. The van der Waals surface area contributed by atoms with Crippen molar-refractivity contribution in [2.75, 3.05) is 17.2 Å². The first-order valence-electron chi connectivity index (χ1n) is 7.30. The number of aromatic amines is 1. The Hall–Kier alpha value is -3.63. The number of hydrogen-bond donors (Lipinski definition) is 3. The maximum atomic E-state index is 12.0. The molecule has 0 aliphatic heterocycles. The maximum Gasteiger partial charge on any atom is 0.417 e. The molecule has 0 unspecified atom stereocenters. The predicted molar refractivity (Wildman–Crippen MR) is 86.1 cm³/mol. The average Bonchev–Trinajstić information content (AvgIpc) is 3.12. The molecule has 0 aliphatic rings. The summed E-state index contributed by atoms with van der Waals surface area (Å²) >= 11 is 0. The molecule has 0 aliphatic carbocycles. The summed E-state index contributed by atoms with van der Waals surface area (Å²) in [7, 11) is 0. The van der Waals surface area contributed by atoms with E-state index in [0.717, 1.165) is 0 Å². The van der Waals surface area contributed by atoms with Crippen molar-refractivity contribution in [2.24, 2.45) is 0 Å². The summed E-state index contributed by atoms with van der Waals surface area (Å²) in [5.74, 6) is -0.760. The van der Waals surface area contributed by atoms with Gasteiger partial charge in [-0.1, -0.05) is 5.21 Å². The van der Waals surface area contributed by atoms with Crippen LogP contribution in [0.3, 0.4) is 0 Å². The Morgan fingerprint density at radius 3 is 3.00 bits per heavy atom. The first-order chi connectivity index (χ1) is 12.0. The molecule has 11 heteroatoms. The van der Waals surface area contributed by atoms with Gasteiger partial charge < -0.3 is 14.5 Å². The number of aromatic nitrogens is 4. The van der Waals surface area contributed by atoms with E-state index in [0.29, 0.717) is 16.8 Å². The normalized spacial score (nSPS) is 10.6. The van der Waals surface area contributed by atoms with Gasteiger partial charge in [-0.15, -0.1) is 5.10 Å². The van der Waals surface area contributed by atoms with Gasteiger partial charge in [-0.05, 0) is 25.1 Å². The SMILES string of the molecule is CCOC(=O)Nc1cn(CC(=O)Nc2ccc3oc(=O)[nH]c3c2)nn1. The minimum atomic E-state index is -0.651. The summed E-state index contributed by atoms with van der Waals surface area (Å²) in [6.07, 6.45) is 0.745. The minimum Gasteiger partial charge on any atom is -0.450 e. The van der Waals surface area contributed by atoms with Crippen LogP contribution in [0.1, 0.15) is 6.92 Å². The van der Waals surface area contributed by atoms with E-state index in [-0.39, 0.29) is 24.9 Å². The Morgan fingerprint density at radius 2 is 2.20 bits per heavy atom. The van der Waals surface area contributed by atoms with E-state index in [9.17, 15) is 14.4 Å². The zero-order valence-corrected chi connectivity index (χ0v) is 13.1. The van der Waals surface area contributed by atoms with Crippen LogP contribution in [0.25, 0.3) is 11.1 Å². The van der Waals surface area contributed by atoms with Gasteiger partial charge in [0, 0.05) is 5.69 Å². The molecular weight excluding hydrogens is 332 g/mol. The van der Waals surface area contributed by atoms with E-state index in [1.54, 1.807) is 25.1 Å². The number of nitrogens with one attached hydrogen (secondary N) is 3. The van der Waals surface area contributed by atoms with Crippen molar-refractivity contribution < 1.29 is 18.7 Å². The molecular formula is C14H14N6O5. The summed E-state index contributed by atoms with van der Waals surface area (Å²) in [5.41, 5.74) is 1.36. The summed E-state index contributed by atoms with van der Waals surface area (Å²) in [5, 5.41) is 12.5. The van der Waals surface area contributed by atoms with E-state index < -0.39 is 11.8 Å². The van der Waals surface area contributed by atoms with Crippen molar-refractivity contribution in [3.63, 3.8) is 0 Å². The van der Waals surface area contributed by atoms with Gasteiger partial charge in [0.05, 0.1) is 18.3 Å². The topological polar surface area (TPSA) is 144 Å². The summed E-state index contributed by atoms with van der Waals surface area (Å²) in [4.78, 5) is 36.9. The molecule has 3 aromatic rings. The quantitative estimate of drug-likeness (QED) is 0.623. The molecule has 25 heavy (non-hydrogen) atoms. The molecule has 1 aromatic carbocycles. The number of oxazole rings is 1. The van der Waals surface area contributed by atoms with Gasteiger partial charge in [0.1, 0.15) is 6.54 Å². The van der Waals surface area contributed by atoms with E-state index in [4.69, 9.17) is 9.15 Å². The second kappa shape index (κ2) is 6.86. The highest BCUT2D eigenvalue weighted by molar-refractivity contribution is 5.92. The fourth-order valence-electron chi connectivity index (χ4n) is 2.08. The van der Waals surface area contributed by atoms with Crippen LogP contribution in [0.15, 0.2) is 33.6 Å². The lowest BCUT2D eigenvalue weighted by molar-refractivity contribution is -0.116. The first kappa shape index (κ1) is 16.2. The molecule has 3 rings (SSSR count). The summed E-state index contributed by atoms with van der Waals surface area (Å²) in [6, 6.07) is 4.75. The van der Waals surface area contributed by atoms with E-state index in [1.807, 2.05) is 0 Å². The zero-order valence-electron chi connectivity index (χ0n) is 13.1. The molecule has 0 saturated carbocycles. The standard InChI is InChI=1S/C14H14N6O5/c1-2-24-13(22)17-11-6-20(19-18-11)7-12(21)15-8-3-4-10-9(5-8)16-14(23)25-10/h3-6H,2,7H2,1H3,(H,15,21)(H,16,23)(H,17,22). The van der Waals surface area contributed by atoms with Crippen LogP contribution in [0, 0.1) is 0 Å². The number of nitrogens with zero attached hydrogens (tertiary/aromatic N) is 3. The van der Waals surface area contributed by atoms with Gasteiger partial charge in [0.15, 0.2) is 11.4 Å². The predicted octanol–water partition coefficient (Wildman–Crippen LogP) is 0.920. The second-order valence-corrected chi connectivity index (χ2v) is 4.92. The number of rotatable bonds is 5. The third kappa shape index (κ3) is 4.02. The highest BCUT2D eigenvalue weighted by atomic mass is 16.5. The molecule has 2 heterocycles. The average molecular weight is 346 g/mol. The number of carbonyl (C=O) groups is 2. The Labute approximate surface area is 140 Å². The van der Waals surface area contributed by atoms with E-state index in [1.165, 1.54) is 10.9 Å². The van der Waals surface area contributed by atoms with Crippen molar-refractivity contribution in [3.05, 3.63) is 34.9 Å². The molecule has 2 amide bonds. The number of fused-ring (bicyclic) bond motifs is 1. The van der Waals surface area contributed by atoms with Crippen LogP contribution in [-0.2, 0) is 16.1 Å². The summed E-state index contributed by atoms with van der Waals surface area (Å²) < 4.78 is 10.9. The molecule has 3 N–H and O–H groups in total. The van der Waals surface area contributed by atoms with Gasteiger partial charge in [-0.2, -0.15) is 0 Å². The lowest BCUT2D eigenvalue weighted by Crippen LogP contribution is -2.19. The Morgan fingerprint density at radius 1 is 1.36 bits per heavy atom. The van der Waals surface area contributed by atoms with Gasteiger partial charge >= 0.3 is 11.8 Å². The number of H-pyrrole nitrogens is 1. The Kier molecular flexibility index (Phi) is 4.46.